The molecule has 0 aliphatic heterocycles. The van der Waals surface area contributed by atoms with Crippen LogP contribution in [0.15, 0.2) is 48.5 Å². The molecule has 1 saturated carbocycles. The zero-order valence-corrected chi connectivity index (χ0v) is 22.3. The number of nitrogens with zero attached hydrogens (tertiary/aromatic N) is 2. The van der Waals surface area contributed by atoms with E-state index in [9.17, 15) is 9.59 Å². The van der Waals surface area contributed by atoms with Gasteiger partial charge in [0.15, 0.2) is 5.69 Å². The summed E-state index contributed by atoms with van der Waals surface area (Å²) >= 11 is 13.4. The Bertz CT molecular complexity index is 1190. The maximum Gasteiger partial charge on any atom is 0.280 e. The van der Waals surface area contributed by atoms with Crippen molar-refractivity contribution in [3.63, 3.8) is 0 Å². The number of nitrogens with one attached hydrogen (secondary N) is 1. The number of hydrogen-bond acceptors (Lipinski definition) is 6. The molecule has 4 rings (SSSR count). The molecule has 1 aromatic heterocycles. The van der Waals surface area contributed by atoms with Gasteiger partial charge in [-0.25, -0.2) is 0 Å². The predicted molar refractivity (Wildman–Crippen MR) is 143 cm³/mol. The van der Waals surface area contributed by atoms with Gasteiger partial charge in [-0.1, -0.05) is 54.6 Å². The van der Waals surface area contributed by atoms with Crippen LogP contribution >= 0.6 is 34.7 Å². The van der Waals surface area contributed by atoms with Gasteiger partial charge in [0.05, 0.1) is 14.2 Å². The Morgan fingerprint density at radius 1 is 0.972 bits per heavy atom. The fraction of sp³-hybridized carbons (Fsp3) is 0.346. The second kappa shape index (κ2) is 12.0. The van der Waals surface area contributed by atoms with E-state index in [0.29, 0.717) is 22.7 Å². The lowest BCUT2D eigenvalue weighted by Gasteiger charge is -2.33. The van der Waals surface area contributed by atoms with Crippen molar-refractivity contribution in [2.24, 2.45) is 0 Å². The first kappa shape index (κ1) is 26.3. The van der Waals surface area contributed by atoms with E-state index in [1.54, 1.807) is 62.8 Å². The van der Waals surface area contributed by atoms with Crippen LogP contribution in [-0.2, 0) is 4.79 Å². The van der Waals surface area contributed by atoms with Crippen molar-refractivity contribution >= 4 is 52.2 Å². The molecule has 1 atom stereocenters. The van der Waals surface area contributed by atoms with Gasteiger partial charge in [-0.2, -0.15) is 4.37 Å². The zero-order chi connectivity index (χ0) is 25.7. The second-order valence-corrected chi connectivity index (χ2v) is 10.3. The van der Waals surface area contributed by atoms with E-state index < -0.39 is 11.9 Å². The largest absolute Gasteiger partial charge is 0.497 e. The Labute approximate surface area is 224 Å². The van der Waals surface area contributed by atoms with Gasteiger partial charge in [-0.3, -0.25) is 14.5 Å². The van der Waals surface area contributed by atoms with Gasteiger partial charge >= 0.3 is 0 Å². The number of rotatable bonds is 8. The molecule has 0 spiro atoms. The normalized spacial score (nSPS) is 14.7. The molecule has 2 amide bonds. The van der Waals surface area contributed by atoms with Gasteiger partial charge in [0, 0.05) is 11.7 Å². The highest BCUT2D eigenvalue weighted by Gasteiger charge is 2.36. The number of halogens is 2. The summed E-state index contributed by atoms with van der Waals surface area (Å²) in [5.74, 6) is 0.442. The minimum Gasteiger partial charge on any atom is -0.497 e. The second-order valence-electron chi connectivity index (χ2n) is 8.51. The van der Waals surface area contributed by atoms with Gasteiger partial charge in [0.25, 0.3) is 5.91 Å². The van der Waals surface area contributed by atoms with Gasteiger partial charge in [0.2, 0.25) is 5.91 Å². The summed E-state index contributed by atoms with van der Waals surface area (Å²) in [6.07, 6.45) is 5.10. The number of methoxy groups -OCH3 is 2. The molecule has 1 aliphatic carbocycles. The first-order chi connectivity index (χ1) is 17.4. The van der Waals surface area contributed by atoms with Crippen LogP contribution in [0.25, 0.3) is 0 Å². The molecule has 1 aliphatic rings. The van der Waals surface area contributed by atoms with E-state index >= 15 is 0 Å². The van der Waals surface area contributed by atoms with Gasteiger partial charge < -0.3 is 14.8 Å². The van der Waals surface area contributed by atoms with Crippen molar-refractivity contribution in [1.29, 1.82) is 0 Å². The Hall–Kier alpha value is -2.81. The number of benzene rings is 2. The number of carbonyl (C=O) groups is 2. The minimum atomic E-state index is -0.990. The number of hydrogen-bond donors (Lipinski definition) is 1. The summed E-state index contributed by atoms with van der Waals surface area (Å²) in [6.45, 7) is 0. The van der Waals surface area contributed by atoms with Crippen molar-refractivity contribution < 1.29 is 19.1 Å². The lowest BCUT2D eigenvalue weighted by molar-refractivity contribution is -0.123. The summed E-state index contributed by atoms with van der Waals surface area (Å²) in [5, 5.41) is 3.24. The van der Waals surface area contributed by atoms with Crippen LogP contribution in [-0.4, -0.2) is 36.4 Å². The van der Waals surface area contributed by atoms with Crippen molar-refractivity contribution in [2.45, 2.75) is 44.2 Å². The SMILES string of the molecule is COc1ccc([C@H](C(=O)NC2CCCCC2)N(C(=O)c2nsc(Cl)c2Cl)c2ccc(OC)cc2)cc1. The van der Waals surface area contributed by atoms with Crippen molar-refractivity contribution in [1.82, 2.24) is 9.69 Å². The number of amides is 2. The molecule has 0 unspecified atom stereocenters. The average molecular weight is 548 g/mol. The molecule has 1 heterocycles. The molecule has 0 bridgehead atoms. The summed E-state index contributed by atoms with van der Waals surface area (Å²) in [5.41, 5.74) is 1.10. The zero-order valence-electron chi connectivity index (χ0n) is 20.0. The fourth-order valence-corrected chi connectivity index (χ4v) is 5.35. The maximum atomic E-state index is 14.0. The lowest BCUT2D eigenvalue weighted by atomic mass is 9.94. The summed E-state index contributed by atoms with van der Waals surface area (Å²) in [4.78, 5) is 29.3. The van der Waals surface area contributed by atoms with Crippen LogP contribution in [0.1, 0.15) is 54.2 Å². The highest BCUT2D eigenvalue weighted by atomic mass is 35.5. The van der Waals surface area contributed by atoms with Crippen molar-refractivity contribution in [3.05, 3.63) is 69.1 Å². The molecular weight excluding hydrogens is 521 g/mol. The van der Waals surface area contributed by atoms with E-state index in [1.165, 1.54) is 4.90 Å². The summed E-state index contributed by atoms with van der Waals surface area (Å²) in [7, 11) is 3.14. The number of carbonyl (C=O) groups excluding carboxylic acids is 2. The van der Waals surface area contributed by atoms with Crippen LogP contribution in [0, 0.1) is 0 Å². The third-order valence-corrected chi connectivity index (χ3v) is 7.87. The average Bonchev–Trinajstić information content (AvgIpc) is 3.25. The minimum absolute atomic E-state index is 0.00790. The van der Waals surface area contributed by atoms with Gasteiger partial charge in [0.1, 0.15) is 26.9 Å². The Morgan fingerprint density at radius 3 is 2.08 bits per heavy atom. The van der Waals surface area contributed by atoms with E-state index in [-0.39, 0.29) is 27.0 Å². The molecule has 190 valence electrons. The molecule has 2 aromatic carbocycles. The molecule has 1 fully saturated rings. The highest BCUT2D eigenvalue weighted by Crippen LogP contribution is 2.36. The molecule has 3 aromatic rings. The van der Waals surface area contributed by atoms with Crippen molar-refractivity contribution in [2.75, 3.05) is 19.1 Å². The third-order valence-electron chi connectivity index (χ3n) is 6.26. The van der Waals surface area contributed by atoms with Gasteiger partial charge in [-0.05, 0) is 66.3 Å². The van der Waals surface area contributed by atoms with Crippen LogP contribution in [0.5, 0.6) is 11.5 Å². The van der Waals surface area contributed by atoms with Gasteiger partial charge in [-0.15, -0.1) is 0 Å². The van der Waals surface area contributed by atoms with Crippen LogP contribution in [0.4, 0.5) is 5.69 Å². The Balaban J connectivity index is 1.81. The van der Waals surface area contributed by atoms with E-state index in [2.05, 4.69) is 9.69 Å². The number of anilines is 1. The van der Waals surface area contributed by atoms with E-state index in [0.717, 1.165) is 43.6 Å². The predicted octanol–water partition coefficient (Wildman–Crippen LogP) is 6.30. The van der Waals surface area contributed by atoms with E-state index in [1.807, 2.05) is 0 Å². The smallest absolute Gasteiger partial charge is 0.280 e. The molecule has 7 nitrogen and oxygen atoms in total. The van der Waals surface area contributed by atoms with Crippen LogP contribution in [0.2, 0.25) is 9.36 Å². The monoisotopic (exact) mass is 547 g/mol. The molecule has 36 heavy (non-hydrogen) atoms. The third kappa shape index (κ3) is 5.77. The molecule has 0 saturated heterocycles. The van der Waals surface area contributed by atoms with Crippen molar-refractivity contribution in [3.8, 4) is 11.5 Å². The maximum absolute atomic E-state index is 14.0. The number of aromatic nitrogens is 1. The van der Waals surface area contributed by atoms with Crippen LogP contribution in [0.3, 0.4) is 0 Å². The molecular formula is C26H27Cl2N3O4S. The quantitative estimate of drug-likeness (QED) is 0.357. The molecule has 10 heteroatoms. The lowest BCUT2D eigenvalue weighted by Crippen LogP contribution is -2.47. The molecule has 1 N–H and O–H groups in total. The van der Waals surface area contributed by atoms with E-state index in [4.69, 9.17) is 32.7 Å². The summed E-state index contributed by atoms with van der Waals surface area (Å²) < 4.78 is 15.0. The molecule has 0 radical (unpaired) electrons. The Kier molecular flexibility index (Phi) is 8.72. The Morgan fingerprint density at radius 2 is 1.56 bits per heavy atom. The van der Waals surface area contributed by atoms with Crippen LogP contribution < -0.4 is 19.7 Å². The first-order valence-corrected chi connectivity index (χ1v) is 13.2. The first-order valence-electron chi connectivity index (χ1n) is 11.7. The highest BCUT2D eigenvalue weighted by molar-refractivity contribution is 7.11. The standard InChI is InChI=1S/C26H27Cl2N3O4S/c1-34-19-12-8-16(9-13-19)23(25(32)29-17-6-4-3-5-7-17)31(18-10-14-20(35-2)15-11-18)26(33)22-21(27)24(28)36-30-22/h8-15,17,23H,3-7H2,1-2H3,(H,29,32)/t23-/m1/s1. The topological polar surface area (TPSA) is 80.8 Å². The fourth-order valence-electron chi connectivity index (χ4n) is 4.36. The summed E-state index contributed by atoms with van der Waals surface area (Å²) in [6, 6.07) is 13.1. The number of ether oxygens (including phenoxy) is 2.